The number of nitrogens with zero attached hydrogens (tertiary/aromatic N) is 3. The van der Waals surface area contributed by atoms with Crippen molar-refractivity contribution in [2.45, 2.75) is 77.1 Å². The van der Waals surface area contributed by atoms with Crippen molar-refractivity contribution in [3.05, 3.63) is 64.7 Å². The number of carbonyl (C=O) groups excluding carboxylic acids is 3. The zero-order chi connectivity index (χ0) is 39.7. The molecule has 2 aromatic carbocycles. The molecule has 5 N–H and O–H groups in total. The number of anilines is 3. The van der Waals surface area contributed by atoms with E-state index >= 15 is 0 Å². The van der Waals surface area contributed by atoms with Crippen LogP contribution in [0.1, 0.15) is 75.2 Å². The summed E-state index contributed by atoms with van der Waals surface area (Å²) in [6.45, 7) is 4.91. The Kier molecular flexibility index (Phi) is 11.3. The van der Waals surface area contributed by atoms with E-state index in [-0.39, 0.29) is 48.2 Å². The van der Waals surface area contributed by atoms with Crippen LogP contribution in [0, 0.1) is 29.1 Å². The van der Waals surface area contributed by atoms with Crippen molar-refractivity contribution >= 4 is 52.8 Å². The Morgan fingerprint density at radius 2 is 1.65 bits per heavy atom. The van der Waals surface area contributed by atoms with Crippen LogP contribution in [0.15, 0.2) is 48.5 Å². The maximum absolute atomic E-state index is 13.0. The number of ether oxygens (including phenoxy) is 1. The van der Waals surface area contributed by atoms with Gasteiger partial charge in [0, 0.05) is 29.2 Å². The van der Waals surface area contributed by atoms with Crippen LogP contribution < -0.4 is 26.0 Å². The number of aliphatic carboxylic acids is 1. The van der Waals surface area contributed by atoms with E-state index in [1.807, 2.05) is 12.1 Å². The number of Topliss-reactive ketones (excluding diaryl/α,β-unsaturated/α-hetero) is 1. The number of carboxylic acids is 1. The number of amides is 2. The van der Waals surface area contributed by atoms with E-state index in [0.29, 0.717) is 41.3 Å². The number of aromatic nitrogens is 3. The average Bonchev–Trinajstić information content (AvgIpc) is 3.91. The third kappa shape index (κ3) is 9.46. The molecule has 294 valence electrons. The number of carboxylic acid groups (broad SMARTS) is 1. The number of nitrogens with one attached hydrogen (secondary N) is 4. The largest absolute Gasteiger partial charge is 0.480 e. The highest BCUT2D eigenvalue weighted by molar-refractivity contribution is 6.36. The number of halogens is 4. The Bertz CT molecular complexity index is 1920. The number of benzene rings is 2. The second-order valence-electron chi connectivity index (χ2n) is 15.3. The van der Waals surface area contributed by atoms with E-state index in [0.717, 1.165) is 18.4 Å². The summed E-state index contributed by atoms with van der Waals surface area (Å²) in [5, 5.41) is 21.3. The van der Waals surface area contributed by atoms with Crippen molar-refractivity contribution in [2.24, 2.45) is 29.1 Å². The Hall–Kier alpha value is -4.99. The molecule has 13 nitrogen and oxygen atoms in total. The van der Waals surface area contributed by atoms with Crippen LogP contribution in [0.5, 0.6) is 6.01 Å². The maximum Gasteiger partial charge on any atom is 0.422 e. The fraction of sp³-hybridized carbons (Fsp3) is 0.500. The predicted molar refractivity (Wildman–Crippen MR) is 196 cm³/mol. The zero-order valence-electron chi connectivity index (χ0n) is 30.5. The highest BCUT2D eigenvalue weighted by Crippen LogP contribution is 2.63. The second kappa shape index (κ2) is 15.6. The van der Waals surface area contributed by atoms with Gasteiger partial charge in [0.1, 0.15) is 6.04 Å². The maximum atomic E-state index is 13.0. The molecule has 1 heterocycles. The van der Waals surface area contributed by atoms with Gasteiger partial charge in [0.2, 0.25) is 17.7 Å². The molecule has 0 saturated heterocycles. The lowest BCUT2D eigenvalue weighted by Crippen LogP contribution is -2.55. The number of hydrogen-bond acceptors (Lipinski definition) is 10. The topological polar surface area (TPSA) is 185 Å². The van der Waals surface area contributed by atoms with E-state index in [2.05, 4.69) is 57.0 Å². The summed E-state index contributed by atoms with van der Waals surface area (Å²) >= 11 is 6.03. The molecular formula is C38H43ClF3N7O6. The Balaban J connectivity index is 1.03. The van der Waals surface area contributed by atoms with Crippen LogP contribution in [0.4, 0.5) is 30.8 Å². The van der Waals surface area contributed by atoms with Crippen molar-refractivity contribution in [2.75, 3.05) is 23.8 Å². The van der Waals surface area contributed by atoms with Crippen LogP contribution in [0.25, 0.3) is 0 Å². The summed E-state index contributed by atoms with van der Waals surface area (Å²) < 4.78 is 43.7. The number of rotatable bonds is 16. The first-order valence-corrected chi connectivity index (χ1v) is 18.5. The summed E-state index contributed by atoms with van der Waals surface area (Å²) in [6, 6.07) is 10.9. The van der Waals surface area contributed by atoms with Gasteiger partial charge in [-0.2, -0.15) is 28.1 Å². The Morgan fingerprint density at radius 1 is 0.982 bits per heavy atom. The van der Waals surface area contributed by atoms with Gasteiger partial charge in [0.15, 0.2) is 6.61 Å². The van der Waals surface area contributed by atoms with E-state index in [9.17, 15) is 37.5 Å². The molecule has 4 fully saturated rings. The minimum atomic E-state index is -4.64. The van der Waals surface area contributed by atoms with Crippen molar-refractivity contribution in [1.29, 1.82) is 0 Å². The fourth-order valence-corrected chi connectivity index (χ4v) is 8.02. The molecule has 0 aliphatic heterocycles. The molecule has 1 aromatic heterocycles. The SMILES string of the molecule is C[C@@H]1[C@H](CC(=O)C(=O)NCC[C@H](NC(=O)c2ccc(Nc3nc(NC4(c5ccc(Cl)cc5)CC4)nc(OCC(F)(F)F)n3)cc2)C(=O)O)C[C@@H]2C[C@H]1C2(C)C. The molecule has 3 aromatic rings. The van der Waals surface area contributed by atoms with E-state index in [1.54, 1.807) is 12.1 Å². The minimum Gasteiger partial charge on any atom is -0.480 e. The van der Waals surface area contributed by atoms with E-state index in [1.165, 1.54) is 24.3 Å². The molecular weight excluding hydrogens is 743 g/mol. The normalized spacial score (nSPS) is 22.3. The molecule has 0 unspecified atom stereocenters. The summed E-state index contributed by atoms with van der Waals surface area (Å²) in [7, 11) is 0. The van der Waals surface area contributed by atoms with Gasteiger partial charge in [-0.25, -0.2) is 4.79 Å². The summed E-state index contributed by atoms with van der Waals surface area (Å²) in [5.74, 6) is -1.92. The van der Waals surface area contributed by atoms with Crippen molar-refractivity contribution in [3.63, 3.8) is 0 Å². The first-order chi connectivity index (χ1) is 25.9. The van der Waals surface area contributed by atoms with Gasteiger partial charge in [-0.05, 0) is 103 Å². The number of ketones is 1. The molecule has 0 spiro atoms. The highest BCUT2D eigenvalue weighted by atomic mass is 35.5. The smallest absolute Gasteiger partial charge is 0.422 e. The monoisotopic (exact) mass is 785 g/mol. The number of hydrogen-bond donors (Lipinski definition) is 5. The minimum absolute atomic E-state index is 0.0300. The van der Waals surface area contributed by atoms with Crippen LogP contribution in [0.2, 0.25) is 5.02 Å². The standard InChI is InChI=1S/C38H43ClF3N7O6/c1-20-22(16-24-18-27(20)36(24,2)3)17-29(50)31(52)43-15-12-28(32(53)54)45-30(51)21-4-10-26(11-5-21)44-33-46-34(48-35(47-33)55-19-38(40,41)42)49-37(13-14-37)23-6-8-25(39)9-7-23/h4-11,20,22,24,27-28H,12-19H2,1-3H3,(H,43,52)(H,45,51)(H,53,54)(H2,44,46,47,48,49)/t20-,22+,24-,27-,28+/m1/s1. The molecule has 2 bridgehead atoms. The third-order valence-corrected chi connectivity index (χ3v) is 11.7. The third-order valence-electron chi connectivity index (χ3n) is 11.4. The predicted octanol–water partition coefficient (Wildman–Crippen LogP) is 6.28. The lowest BCUT2D eigenvalue weighted by molar-refractivity contribution is -0.154. The van der Waals surface area contributed by atoms with Gasteiger partial charge in [-0.15, -0.1) is 0 Å². The molecule has 4 aliphatic carbocycles. The number of carbonyl (C=O) groups is 4. The lowest BCUT2D eigenvalue weighted by atomic mass is 9.43. The van der Waals surface area contributed by atoms with Crippen LogP contribution >= 0.6 is 11.6 Å². The van der Waals surface area contributed by atoms with Crippen molar-refractivity contribution in [1.82, 2.24) is 25.6 Å². The van der Waals surface area contributed by atoms with Crippen LogP contribution in [-0.4, -0.2) is 69.0 Å². The van der Waals surface area contributed by atoms with Crippen molar-refractivity contribution < 1.29 is 42.2 Å². The Morgan fingerprint density at radius 3 is 2.25 bits per heavy atom. The van der Waals surface area contributed by atoms with Crippen molar-refractivity contribution in [3.8, 4) is 6.01 Å². The van der Waals surface area contributed by atoms with Gasteiger partial charge in [-0.3, -0.25) is 14.4 Å². The van der Waals surface area contributed by atoms with Crippen LogP contribution in [-0.2, 0) is 19.9 Å². The van der Waals surface area contributed by atoms with E-state index in [4.69, 9.17) is 16.3 Å². The van der Waals surface area contributed by atoms with E-state index < -0.39 is 53.9 Å². The molecule has 4 saturated carbocycles. The number of alkyl halides is 3. The van der Waals surface area contributed by atoms with Gasteiger partial charge >= 0.3 is 18.2 Å². The van der Waals surface area contributed by atoms with Gasteiger partial charge in [0.05, 0.1) is 5.54 Å². The van der Waals surface area contributed by atoms with Gasteiger partial charge in [-0.1, -0.05) is 44.5 Å². The fourth-order valence-electron chi connectivity index (χ4n) is 7.89. The molecule has 7 rings (SSSR count). The number of fused-ring (bicyclic) bond motifs is 2. The van der Waals surface area contributed by atoms with Gasteiger partial charge in [0.25, 0.3) is 11.8 Å². The van der Waals surface area contributed by atoms with Gasteiger partial charge < -0.3 is 31.1 Å². The molecule has 5 atom stereocenters. The second-order valence-corrected chi connectivity index (χ2v) is 15.8. The van der Waals surface area contributed by atoms with Crippen LogP contribution in [0.3, 0.4) is 0 Å². The average molecular weight is 786 g/mol. The summed E-state index contributed by atoms with van der Waals surface area (Å²) in [6.07, 6.45) is -1.15. The summed E-state index contributed by atoms with van der Waals surface area (Å²) in [4.78, 5) is 62.5. The summed E-state index contributed by atoms with van der Waals surface area (Å²) in [5.41, 5.74) is 1.05. The lowest BCUT2D eigenvalue weighted by Gasteiger charge is -2.62. The molecule has 4 aliphatic rings. The molecule has 17 heteroatoms. The first-order valence-electron chi connectivity index (χ1n) is 18.1. The first kappa shape index (κ1) is 39.7. The Labute approximate surface area is 320 Å². The molecule has 0 radical (unpaired) electrons. The molecule has 2 amide bonds. The molecule has 55 heavy (non-hydrogen) atoms. The highest BCUT2D eigenvalue weighted by Gasteiger charge is 2.56. The zero-order valence-corrected chi connectivity index (χ0v) is 31.3. The quantitative estimate of drug-likeness (QED) is 0.103.